The van der Waals surface area contributed by atoms with Crippen molar-refractivity contribution in [2.45, 2.75) is 31.3 Å². The number of nitrogens with zero attached hydrogens (tertiary/aromatic N) is 2. The number of methoxy groups -OCH3 is 2. The standard InChI is InChI=1S/C19H31N3O6S2/c1-27-18-11-14-5-8-21-9-6-15(12-17(21)16(14)13-19(18)28-2)22(30(4,25)26)10-7-20-29(3,23)24/h11,13,15,17,20H,5-10,12H2,1-4H3/t15-,17+/m1/s1. The molecular weight excluding hydrogens is 430 g/mol. The molecule has 1 fully saturated rings. The first-order chi connectivity index (χ1) is 14.0. The van der Waals surface area contributed by atoms with Crippen molar-refractivity contribution in [2.24, 2.45) is 0 Å². The Kier molecular flexibility index (Phi) is 6.97. The molecule has 0 bridgehead atoms. The molecular formula is C19H31N3O6S2. The lowest BCUT2D eigenvalue weighted by molar-refractivity contribution is 0.0910. The molecule has 0 amide bonds. The number of hydrogen-bond donors (Lipinski definition) is 1. The summed E-state index contributed by atoms with van der Waals surface area (Å²) in [6.45, 7) is 1.86. The third-order valence-electron chi connectivity index (χ3n) is 5.89. The monoisotopic (exact) mass is 461 g/mol. The Bertz CT molecular complexity index is 980. The van der Waals surface area contributed by atoms with Crippen molar-refractivity contribution in [1.29, 1.82) is 0 Å². The number of hydrogen-bond acceptors (Lipinski definition) is 7. The predicted molar refractivity (Wildman–Crippen MR) is 115 cm³/mol. The first kappa shape index (κ1) is 23.3. The highest BCUT2D eigenvalue weighted by molar-refractivity contribution is 7.88. The van der Waals surface area contributed by atoms with Crippen molar-refractivity contribution in [1.82, 2.24) is 13.9 Å². The van der Waals surface area contributed by atoms with Crippen molar-refractivity contribution in [3.05, 3.63) is 23.3 Å². The highest BCUT2D eigenvalue weighted by Crippen LogP contribution is 2.42. The molecule has 11 heteroatoms. The summed E-state index contributed by atoms with van der Waals surface area (Å²) in [6, 6.07) is 3.91. The lowest BCUT2D eigenvalue weighted by Crippen LogP contribution is -2.51. The third kappa shape index (κ3) is 5.25. The van der Waals surface area contributed by atoms with E-state index in [9.17, 15) is 16.8 Å². The van der Waals surface area contributed by atoms with Crippen LogP contribution in [0, 0.1) is 0 Å². The summed E-state index contributed by atoms with van der Waals surface area (Å²) in [5.74, 6) is 1.36. The van der Waals surface area contributed by atoms with Gasteiger partial charge in [-0.1, -0.05) is 0 Å². The molecule has 170 valence electrons. The van der Waals surface area contributed by atoms with Crippen LogP contribution in [0.15, 0.2) is 12.1 Å². The Morgan fingerprint density at radius 2 is 1.77 bits per heavy atom. The first-order valence-corrected chi connectivity index (χ1v) is 13.7. The summed E-state index contributed by atoms with van der Waals surface area (Å²) in [4.78, 5) is 2.39. The van der Waals surface area contributed by atoms with Crippen molar-refractivity contribution in [3.8, 4) is 11.5 Å². The molecule has 0 aromatic heterocycles. The molecule has 30 heavy (non-hydrogen) atoms. The second-order valence-corrected chi connectivity index (χ2v) is 11.7. The van der Waals surface area contributed by atoms with Crippen LogP contribution in [0.2, 0.25) is 0 Å². The van der Waals surface area contributed by atoms with E-state index < -0.39 is 20.0 Å². The van der Waals surface area contributed by atoms with E-state index in [2.05, 4.69) is 9.62 Å². The molecule has 0 aliphatic carbocycles. The average Bonchev–Trinajstić information content (AvgIpc) is 2.67. The minimum absolute atomic E-state index is 0.0540. The van der Waals surface area contributed by atoms with Crippen LogP contribution in [0.3, 0.4) is 0 Å². The lowest BCUT2D eigenvalue weighted by Gasteiger charge is -2.45. The normalized spacial score (nSPS) is 22.4. The van der Waals surface area contributed by atoms with Gasteiger partial charge in [-0.2, -0.15) is 4.31 Å². The Hall–Kier alpha value is -1.40. The van der Waals surface area contributed by atoms with Gasteiger partial charge in [-0.25, -0.2) is 21.6 Å². The van der Waals surface area contributed by atoms with Gasteiger partial charge in [0.2, 0.25) is 20.0 Å². The third-order valence-corrected chi connectivity index (χ3v) is 7.95. The Morgan fingerprint density at radius 1 is 1.10 bits per heavy atom. The molecule has 0 saturated carbocycles. The highest BCUT2D eigenvalue weighted by atomic mass is 32.2. The van der Waals surface area contributed by atoms with E-state index >= 15 is 0 Å². The van der Waals surface area contributed by atoms with Crippen LogP contribution in [0.5, 0.6) is 11.5 Å². The van der Waals surface area contributed by atoms with E-state index in [0.717, 1.165) is 31.3 Å². The van der Waals surface area contributed by atoms with Gasteiger partial charge in [-0.15, -0.1) is 0 Å². The molecule has 1 aromatic rings. The largest absolute Gasteiger partial charge is 0.493 e. The molecule has 2 atom stereocenters. The summed E-state index contributed by atoms with van der Waals surface area (Å²) in [5.41, 5.74) is 2.34. The Balaban J connectivity index is 1.85. The zero-order chi connectivity index (χ0) is 22.1. The van der Waals surface area contributed by atoms with E-state index in [4.69, 9.17) is 9.47 Å². The fraction of sp³-hybridized carbons (Fsp3) is 0.684. The number of ether oxygens (including phenoxy) is 2. The van der Waals surface area contributed by atoms with Gasteiger partial charge in [0.25, 0.3) is 0 Å². The molecule has 9 nitrogen and oxygen atoms in total. The summed E-state index contributed by atoms with van der Waals surface area (Å²) < 4.78 is 62.4. The fourth-order valence-electron chi connectivity index (χ4n) is 4.54. The lowest BCUT2D eigenvalue weighted by atomic mass is 9.84. The minimum Gasteiger partial charge on any atom is -0.493 e. The molecule has 0 unspecified atom stereocenters. The summed E-state index contributed by atoms with van der Waals surface area (Å²) in [7, 11) is -3.64. The summed E-state index contributed by atoms with van der Waals surface area (Å²) in [5, 5.41) is 0. The molecule has 1 saturated heterocycles. The van der Waals surface area contributed by atoms with Crippen LogP contribution in [0.1, 0.15) is 30.0 Å². The van der Waals surface area contributed by atoms with E-state index in [0.29, 0.717) is 24.3 Å². The van der Waals surface area contributed by atoms with Gasteiger partial charge in [-0.05, 0) is 42.5 Å². The Morgan fingerprint density at radius 3 is 2.37 bits per heavy atom. The van der Waals surface area contributed by atoms with E-state index in [1.165, 1.54) is 16.1 Å². The zero-order valence-electron chi connectivity index (χ0n) is 17.9. The minimum atomic E-state index is -3.49. The van der Waals surface area contributed by atoms with E-state index in [1.54, 1.807) is 14.2 Å². The van der Waals surface area contributed by atoms with Crippen LogP contribution in [0.25, 0.3) is 0 Å². The summed E-state index contributed by atoms with van der Waals surface area (Å²) >= 11 is 0. The van der Waals surface area contributed by atoms with Crippen LogP contribution in [-0.4, -0.2) is 85.0 Å². The maximum atomic E-state index is 12.5. The first-order valence-electron chi connectivity index (χ1n) is 9.93. The van der Waals surface area contributed by atoms with Crippen molar-refractivity contribution >= 4 is 20.0 Å². The number of piperidine rings is 1. The van der Waals surface area contributed by atoms with Gasteiger partial charge in [0, 0.05) is 38.3 Å². The molecule has 2 aliphatic heterocycles. The van der Waals surface area contributed by atoms with E-state index in [1.807, 2.05) is 12.1 Å². The second-order valence-electron chi connectivity index (χ2n) is 7.93. The number of rotatable bonds is 8. The smallest absolute Gasteiger partial charge is 0.211 e. The average molecular weight is 462 g/mol. The molecule has 1 aromatic carbocycles. The van der Waals surface area contributed by atoms with Crippen LogP contribution in [-0.2, 0) is 26.5 Å². The van der Waals surface area contributed by atoms with Gasteiger partial charge < -0.3 is 9.47 Å². The van der Waals surface area contributed by atoms with Crippen LogP contribution >= 0.6 is 0 Å². The molecule has 1 N–H and O–H groups in total. The van der Waals surface area contributed by atoms with Crippen LogP contribution in [0.4, 0.5) is 0 Å². The summed E-state index contributed by atoms with van der Waals surface area (Å²) in [6.07, 6.45) is 4.52. The second kappa shape index (κ2) is 8.99. The van der Waals surface area contributed by atoms with Crippen molar-refractivity contribution in [3.63, 3.8) is 0 Å². The fourth-order valence-corrected chi connectivity index (χ4v) is 6.15. The number of nitrogens with one attached hydrogen (secondary N) is 1. The highest BCUT2D eigenvalue weighted by Gasteiger charge is 2.38. The number of fused-ring (bicyclic) bond motifs is 3. The van der Waals surface area contributed by atoms with Gasteiger partial charge in [0.15, 0.2) is 11.5 Å². The van der Waals surface area contributed by atoms with Crippen molar-refractivity contribution < 1.29 is 26.3 Å². The SMILES string of the molecule is COc1cc2c(cc1OC)[C@@H]1C[C@H](N(CCNS(C)(=O)=O)S(C)(=O)=O)CCN1CC2. The van der Waals surface area contributed by atoms with Gasteiger partial charge in [0.05, 0.1) is 26.7 Å². The molecule has 2 aliphatic rings. The van der Waals surface area contributed by atoms with Crippen LogP contribution < -0.4 is 14.2 Å². The van der Waals surface area contributed by atoms with Crippen molar-refractivity contribution in [2.75, 3.05) is 52.9 Å². The number of sulfonamides is 2. The topological polar surface area (TPSA) is 105 Å². The maximum Gasteiger partial charge on any atom is 0.211 e. The predicted octanol–water partition coefficient (Wildman–Crippen LogP) is 0.576. The van der Waals surface area contributed by atoms with Gasteiger partial charge in [0.1, 0.15) is 0 Å². The van der Waals surface area contributed by atoms with E-state index in [-0.39, 0.29) is 25.2 Å². The van der Waals surface area contributed by atoms with Gasteiger partial charge in [-0.3, -0.25) is 4.90 Å². The maximum absolute atomic E-state index is 12.5. The molecule has 0 spiro atoms. The molecule has 3 rings (SSSR count). The zero-order valence-corrected chi connectivity index (χ0v) is 19.6. The van der Waals surface area contributed by atoms with Gasteiger partial charge >= 0.3 is 0 Å². The quantitative estimate of drug-likeness (QED) is 0.604. The molecule has 0 radical (unpaired) electrons. The molecule has 2 heterocycles. The Labute approximate surface area is 179 Å². The number of benzene rings is 1.